The highest BCUT2D eigenvalue weighted by Gasteiger charge is 2.24. The summed E-state index contributed by atoms with van der Waals surface area (Å²) in [5, 5.41) is 0.553. The number of rotatable bonds is 3. The molecule has 3 heterocycles. The molecule has 2 aromatic carbocycles. The lowest BCUT2D eigenvalue weighted by molar-refractivity contribution is 0.829. The molecule has 0 saturated carbocycles. The smallest absolute Gasteiger partial charge is 0.266 e. The van der Waals surface area contributed by atoms with Gasteiger partial charge in [0.1, 0.15) is 22.9 Å². The van der Waals surface area contributed by atoms with E-state index in [4.69, 9.17) is 40.8 Å². The zero-order valence-electron chi connectivity index (χ0n) is 15.1. The van der Waals surface area contributed by atoms with Crippen LogP contribution in [0.25, 0.3) is 27.8 Å². The summed E-state index contributed by atoms with van der Waals surface area (Å²) >= 11 is 17.3. The normalized spacial score (nSPS) is 12.5. The molecule has 148 valence electrons. The molecule has 0 fully saturated rings. The lowest BCUT2D eigenvalue weighted by Gasteiger charge is -2.19. The molecule has 3 aromatic heterocycles. The molecule has 0 bridgehead atoms. The van der Waals surface area contributed by atoms with Crippen LogP contribution in [0.1, 0.15) is 16.8 Å². The van der Waals surface area contributed by atoms with Gasteiger partial charge in [0.15, 0.2) is 5.65 Å². The van der Waals surface area contributed by atoms with Crippen LogP contribution < -0.4 is 5.56 Å². The number of halogens is 2. The fraction of sp³-hybridized carbons (Fsp3) is 0.0500. The molecule has 10 heteroatoms. The Labute approximate surface area is 185 Å². The number of nitrogens with one attached hydrogen (secondary N) is 1. The van der Waals surface area contributed by atoms with Crippen molar-refractivity contribution in [2.45, 2.75) is 5.25 Å². The summed E-state index contributed by atoms with van der Waals surface area (Å²) < 4.78 is 1.45. The summed E-state index contributed by atoms with van der Waals surface area (Å²) in [5.74, 6) is 0.362. The SMILES string of the molecule is O=c1c2cc(Cl)ccc2nc(C(S)c2ncnc3nc[nH]c23)n1-c1ccccc1Cl. The van der Waals surface area contributed by atoms with E-state index < -0.39 is 5.25 Å². The Kier molecular flexibility index (Phi) is 4.69. The predicted octanol–water partition coefficient (Wildman–Crippen LogP) is 4.38. The first-order valence-electron chi connectivity index (χ1n) is 8.84. The average Bonchev–Trinajstić information content (AvgIpc) is 3.23. The molecule has 0 aliphatic heterocycles. The molecule has 1 unspecified atom stereocenters. The van der Waals surface area contributed by atoms with Crippen LogP contribution in [0.4, 0.5) is 0 Å². The standard InChI is InChI=1S/C20H12Cl2N6OS/c21-10-5-6-13-11(7-10)20(29)28(14-4-2-1-3-12(14)22)19(27-13)17(30)15-16-18(25-8-23-15)26-9-24-16/h1-9,17,30H,(H,23,24,25,26). The third-order valence-corrected chi connectivity index (χ3v) is 5.74. The highest BCUT2D eigenvalue weighted by molar-refractivity contribution is 7.80. The van der Waals surface area contributed by atoms with Crippen molar-refractivity contribution in [3.8, 4) is 5.69 Å². The molecule has 0 aliphatic rings. The van der Waals surface area contributed by atoms with Crippen molar-refractivity contribution in [2.75, 3.05) is 0 Å². The number of hydrogen-bond acceptors (Lipinski definition) is 6. The van der Waals surface area contributed by atoms with E-state index in [2.05, 4.69) is 19.9 Å². The fourth-order valence-electron chi connectivity index (χ4n) is 3.34. The first-order chi connectivity index (χ1) is 14.5. The molecule has 0 saturated heterocycles. The second kappa shape index (κ2) is 7.39. The minimum absolute atomic E-state index is 0.306. The first-order valence-corrected chi connectivity index (χ1v) is 10.1. The van der Waals surface area contributed by atoms with Gasteiger partial charge in [0.2, 0.25) is 0 Å². The van der Waals surface area contributed by atoms with Crippen molar-refractivity contribution in [1.82, 2.24) is 29.5 Å². The zero-order valence-corrected chi connectivity index (χ0v) is 17.5. The van der Waals surface area contributed by atoms with Crippen molar-refractivity contribution in [3.05, 3.63) is 87.0 Å². The van der Waals surface area contributed by atoms with Crippen molar-refractivity contribution in [1.29, 1.82) is 0 Å². The molecule has 5 rings (SSSR count). The van der Waals surface area contributed by atoms with Gasteiger partial charge < -0.3 is 4.98 Å². The van der Waals surface area contributed by atoms with Crippen LogP contribution in [0.15, 0.2) is 59.9 Å². The van der Waals surface area contributed by atoms with Crippen molar-refractivity contribution in [2.24, 2.45) is 0 Å². The van der Waals surface area contributed by atoms with Crippen molar-refractivity contribution >= 4 is 57.9 Å². The Hall–Kier alpha value is -2.94. The molecular formula is C20H12Cl2N6OS. The van der Waals surface area contributed by atoms with Gasteiger partial charge in [-0.05, 0) is 30.3 Å². The van der Waals surface area contributed by atoms with Crippen LogP contribution in [-0.2, 0) is 0 Å². The molecule has 0 aliphatic carbocycles. The number of imidazole rings is 1. The van der Waals surface area contributed by atoms with Gasteiger partial charge in [0, 0.05) is 5.02 Å². The summed E-state index contributed by atoms with van der Waals surface area (Å²) in [6.45, 7) is 0. The highest BCUT2D eigenvalue weighted by Crippen LogP contribution is 2.32. The third kappa shape index (κ3) is 3.04. The van der Waals surface area contributed by atoms with Crippen LogP contribution >= 0.6 is 35.8 Å². The summed E-state index contributed by atoms with van der Waals surface area (Å²) in [5.41, 5.74) is 2.34. The van der Waals surface area contributed by atoms with E-state index in [1.807, 2.05) is 0 Å². The quantitative estimate of drug-likeness (QED) is 0.394. The van der Waals surface area contributed by atoms with E-state index in [9.17, 15) is 4.79 Å². The van der Waals surface area contributed by atoms with E-state index in [-0.39, 0.29) is 5.56 Å². The average molecular weight is 455 g/mol. The van der Waals surface area contributed by atoms with Gasteiger partial charge in [-0.2, -0.15) is 12.6 Å². The number of nitrogens with zero attached hydrogens (tertiary/aromatic N) is 5. The number of aromatic nitrogens is 6. The number of fused-ring (bicyclic) bond motifs is 2. The van der Waals surface area contributed by atoms with Gasteiger partial charge in [-0.1, -0.05) is 35.3 Å². The van der Waals surface area contributed by atoms with Gasteiger partial charge in [0.05, 0.1) is 33.6 Å². The van der Waals surface area contributed by atoms with Crippen LogP contribution in [0.2, 0.25) is 10.0 Å². The third-order valence-electron chi connectivity index (χ3n) is 4.71. The molecule has 0 radical (unpaired) electrons. The maximum Gasteiger partial charge on any atom is 0.266 e. The van der Waals surface area contributed by atoms with Crippen molar-refractivity contribution in [3.63, 3.8) is 0 Å². The lowest BCUT2D eigenvalue weighted by Crippen LogP contribution is -2.25. The molecule has 5 aromatic rings. The lowest BCUT2D eigenvalue weighted by atomic mass is 10.2. The maximum atomic E-state index is 13.5. The maximum absolute atomic E-state index is 13.5. The van der Waals surface area contributed by atoms with Crippen LogP contribution in [0, 0.1) is 0 Å². The minimum atomic E-state index is -0.667. The highest BCUT2D eigenvalue weighted by atomic mass is 35.5. The van der Waals surface area contributed by atoms with Gasteiger partial charge in [-0.25, -0.2) is 19.9 Å². The number of thiol groups is 1. The number of hydrogen-bond donors (Lipinski definition) is 2. The van der Waals surface area contributed by atoms with E-state index in [0.29, 0.717) is 49.3 Å². The Morgan fingerprint density at radius 2 is 1.90 bits per heavy atom. The van der Waals surface area contributed by atoms with E-state index in [1.165, 1.54) is 17.2 Å². The summed E-state index contributed by atoms with van der Waals surface area (Å²) in [7, 11) is 0. The van der Waals surface area contributed by atoms with Gasteiger partial charge in [-0.3, -0.25) is 9.36 Å². The monoisotopic (exact) mass is 454 g/mol. The molecule has 0 spiro atoms. The Bertz CT molecular complexity index is 1480. The molecule has 1 N–H and O–H groups in total. The van der Waals surface area contributed by atoms with Gasteiger partial charge in [0.25, 0.3) is 5.56 Å². The Morgan fingerprint density at radius 1 is 1.07 bits per heavy atom. The molecule has 30 heavy (non-hydrogen) atoms. The van der Waals surface area contributed by atoms with Crippen LogP contribution in [-0.4, -0.2) is 29.5 Å². The Balaban J connectivity index is 1.86. The van der Waals surface area contributed by atoms with E-state index in [1.54, 1.807) is 42.5 Å². The first kappa shape index (κ1) is 19.0. The summed E-state index contributed by atoms with van der Waals surface area (Å²) in [4.78, 5) is 34.0. The summed E-state index contributed by atoms with van der Waals surface area (Å²) in [6.07, 6.45) is 2.93. The van der Waals surface area contributed by atoms with E-state index in [0.717, 1.165) is 0 Å². The molecule has 0 amide bonds. The van der Waals surface area contributed by atoms with E-state index >= 15 is 0 Å². The topological polar surface area (TPSA) is 89.3 Å². The summed E-state index contributed by atoms with van der Waals surface area (Å²) in [6, 6.07) is 12.0. The number of para-hydroxylation sites is 1. The van der Waals surface area contributed by atoms with Gasteiger partial charge in [-0.15, -0.1) is 0 Å². The van der Waals surface area contributed by atoms with Crippen LogP contribution in [0.5, 0.6) is 0 Å². The molecule has 1 atom stereocenters. The van der Waals surface area contributed by atoms with Crippen LogP contribution in [0.3, 0.4) is 0 Å². The predicted molar refractivity (Wildman–Crippen MR) is 120 cm³/mol. The van der Waals surface area contributed by atoms with Crippen molar-refractivity contribution < 1.29 is 0 Å². The fourth-order valence-corrected chi connectivity index (χ4v) is 4.10. The second-order valence-electron chi connectivity index (χ2n) is 6.49. The number of benzene rings is 2. The van der Waals surface area contributed by atoms with Gasteiger partial charge >= 0.3 is 0 Å². The molecular weight excluding hydrogens is 443 g/mol. The number of aromatic amines is 1. The second-order valence-corrected chi connectivity index (χ2v) is 7.85. The largest absolute Gasteiger partial charge is 0.342 e. The zero-order chi connectivity index (χ0) is 20.8. The molecule has 7 nitrogen and oxygen atoms in total. The minimum Gasteiger partial charge on any atom is -0.342 e. The Morgan fingerprint density at radius 3 is 2.73 bits per heavy atom. The number of H-pyrrole nitrogens is 1.